The molecule has 24 heavy (non-hydrogen) atoms. The highest BCUT2D eigenvalue weighted by atomic mass is 32.2. The van der Waals surface area contributed by atoms with E-state index in [2.05, 4.69) is 0 Å². The molecule has 0 aliphatic carbocycles. The Labute approximate surface area is 140 Å². The van der Waals surface area contributed by atoms with Crippen LogP contribution in [-0.2, 0) is 27.8 Å². The highest BCUT2D eigenvalue weighted by Gasteiger charge is 2.27. The smallest absolute Gasteiger partial charge is 0.318 e. The van der Waals surface area contributed by atoms with Gasteiger partial charge in [-0.3, -0.25) is 4.79 Å². The molecule has 0 amide bonds. The number of sulfonamides is 1. The van der Waals surface area contributed by atoms with Gasteiger partial charge in [-0.2, -0.15) is 9.57 Å². The molecule has 7 heteroatoms. The van der Waals surface area contributed by atoms with Gasteiger partial charge in [0, 0.05) is 6.54 Å². The van der Waals surface area contributed by atoms with E-state index < -0.39 is 22.5 Å². The van der Waals surface area contributed by atoms with Crippen LogP contribution in [0.1, 0.15) is 11.1 Å². The Kier molecular flexibility index (Phi) is 5.68. The van der Waals surface area contributed by atoms with Crippen molar-refractivity contribution in [1.29, 1.82) is 5.26 Å². The number of aliphatic carboxylic acids is 1. The first kappa shape index (κ1) is 17.7. The summed E-state index contributed by atoms with van der Waals surface area (Å²) >= 11 is 0. The van der Waals surface area contributed by atoms with Crippen molar-refractivity contribution in [3.05, 3.63) is 65.7 Å². The zero-order valence-corrected chi connectivity index (χ0v) is 13.6. The molecule has 0 saturated carbocycles. The average molecular weight is 344 g/mol. The predicted octanol–water partition coefficient (Wildman–Crippen LogP) is 2.03. The molecule has 2 rings (SSSR count). The molecule has 2 aromatic rings. The lowest BCUT2D eigenvalue weighted by atomic mass is 10.2. The summed E-state index contributed by atoms with van der Waals surface area (Å²) in [6, 6.07) is 16.7. The molecule has 0 heterocycles. The van der Waals surface area contributed by atoms with E-state index in [-0.39, 0.29) is 17.9 Å². The predicted molar refractivity (Wildman–Crippen MR) is 87.4 cm³/mol. The third kappa shape index (κ3) is 4.41. The van der Waals surface area contributed by atoms with E-state index >= 15 is 0 Å². The summed E-state index contributed by atoms with van der Waals surface area (Å²) in [5.74, 6) is -1.23. The minimum Gasteiger partial charge on any atom is -0.480 e. The van der Waals surface area contributed by atoms with Crippen LogP contribution in [0.5, 0.6) is 0 Å². The Balaban J connectivity index is 2.38. The molecule has 1 N–H and O–H groups in total. The zero-order valence-electron chi connectivity index (χ0n) is 12.8. The normalized spacial score (nSPS) is 11.2. The number of hydrogen-bond acceptors (Lipinski definition) is 4. The standard InChI is InChI=1S/C17H16N2O4S/c18-10-9-14-7-4-8-16(11-14)24(22,23)19(13-17(20)21)12-15-5-2-1-3-6-15/h1-8,11H,9,12-13H2,(H,20,21). The Morgan fingerprint density at radius 2 is 1.75 bits per heavy atom. The van der Waals surface area contributed by atoms with E-state index in [4.69, 9.17) is 10.4 Å². The van der Waals surface area contributed by atoms with Crippen molar-refractivity contribution < 1.29 is 18.3 Å². The Bertz CT molecular complexity index is 858. The van der Waals surface area contributed by atoms with Crippen LogP contribution in [0.15, 0.2) is 59.5 Å². The third-order valence-electron chi connectivity index (χ3n) is 3.33. The summed E-state index contributed by atoms with van der Waals surface area (Å²) in [5.41, 5.74) is 1.25. The monoisotopic (exact) mass is 344 g/mol. The van der Waals surface area contributed by atoms with Gasteiger partial charge in [0.15, 0.2) is 0 Å². The molecule has 0 saturated heterocycles. The molecule has 0 bridgehead atoms. The second-order valence-corrected chi connectivity index (χ2v) is 7.07. The summed E-state index contributed by atoms with van der Waals surface area (Å²) < 4.78 is 26.5. The van der Waals surface area contributed by atoms with Gasteiger partial charge in [0.1, 0.15) is 6.54 Å². The zero-order chi connectivity index (χ0) is 17.6. The largest absolute Gasteiger partial charge is 0.480 e. The quantitative estimate of drug-likeness (QED) is 0.828. The number of nitriles is 1. The van der Waals surface area contributed by atoms with Crippen molar-refractivity contribution in [2.45, 2.75) is 17.9 Å². The number of nitrogens with zero attached hydrogens (tertiary/aromatic N) is 2. The average Bonchev–Trinajstić information content (AvgIpc) is 2.55. The van der Waals surface area contributed by atoms with Gasteiger partial charge in [-0.25, -0.2) is 8.42 Å². The molecule has 0 fully saturated rings. The first-order valence-corrected chi connectivity index (χ1v) is 8.59. The van der Waals surface area contributed by atoms with E-state index in [9.17, 15) is 13.2 Å². The Morgan fingerprint density at radius 3 is 2.38 bits per heavy atom. The van der Waals surface area contributed by atoms with E-state index in [1.807, 2.05) is 6.07 Å². The molecular formula is C17H16N2O4S. The lowest BCUT2D eigenvalue weighted by molar-refractivity contribution is -0.137. The van der Waals surface area contributed by atoms with Crippen molar-refractivity contribution in [3.8, 4) is 6.07 Å². The number of rotatable bonds is 7. The molecule has 6 nitrogen and oxygen atoms in total. The van der Waals surface area contributed by atoms with Crippen LogP contribution in [0.3, 0.4) is 0 Å². The van der Waals surface area contributed by atoms with Crippen LogP contribution in [-0.4, -0.2) is 30.3 Å². The second kappa shape index (κ2) is 7.73. The molecule has 2 aromatic carbocycles. The van der Waals surface area contributed by atoms with Crippen molar-refractivity contribution in [2.24, 2.45) is 0 Å². The fourth-order valence-electron chi connectivity index (χ4n) is 2.22. The van der Waals surface area contributed by atoms with Gasteiger partial charge in [-0.05, 0) is 23.3 Å². The van der Waals surface area contributed by atoms with Crippen LogP contribution in [0.2, 0.25) is 0 Å². The topological polar surface area (TPSA) is 98.5 Å². The van der Waals surface area contributed by atoms with Crippen molar-refractivity contribution in [3.63, 3.8) is 0 Å². The van der Waals surface area contributed by atoms with Crippen LogP contribution in [0.4, 0.5) is 0 Å². The van der Waals surface area contributed by atoms with Gasteiger partial charge in [0.2, 0.25) is 10.0 Å². The van der Waals surface area contributed by atoms with Crippen molar-refractivity contribution >= 4 is 16.0 Å². The molecule has 0 radical (unpaired) electrons. The summed E-state index contributed by atoms with van der Waals surface area (Å²) in [7, 11) is -3.99. The molecule has 0 unspecified atom stereocenters. The van der Waals surface area contributed by atoms with Crippen LogP contribution >= 0.6 is 0 Å². The van der Waals surface area contributed by atoms with Gasteiger partial charge < -0.3 is 5.11 Å². The SMILES string of the molecule is N#CCc1cccc(S(=O)(=O)N(CC(=O)O)Cc2ccccc2)c1. The molecule has 0 aromatic heterocycles. The molecular weight excluding hydrogens is 328 g/mol. The summed E-state index contributed by atoms with van der Waals surface area (Å²) in [6.45, 7) is -0.683. The molecule has 0 aliphatic heterocycles. The lowest BCUT2D eigenvalue weighted by Gasteiger charge is -2.20. The number of carboxylic acid groups (broad SMARTS) is 1. The van der Waals surface area contributed by atoms with E-state index in [1.165, 1.54) is 12.1 Å². The van der Waals surface area contributed by atoms with Gasteiger partial charge in [0.05, 0.1) is 17.4 Å². The molecule has 0 spiro atoms. The minimum absolute atomic E-state index is 0.0209. The fourth-order valence-corrected chi connectivity index (χ4v) is 3.67. The Morgan fingerprint density at radius 1 is 1.08 bits per heavy atom. The van der Waals surface area contributed by atoms with Gasteiger partial charge in [0.25, 0.3) is 0 Å². The van der Waals surface area contributed by atoms with Crippen LogP contribution in [0, 0.1) is 11.3 Å². The number of carboxylic acids is 1. The summed E-state index contributed by atoms with van der Waals surface area (Å²) in [5, 5.41) is 17.8. The molecule has 0 aliphatic rings. The summed E-state index contributed by atoms with van der Waals surface area (Å²) in [6.07, 6.45) is 0.0843. The van der Waals surface area contributed by atoms with Crippen molar-refractivity contribution in [1.82, 2.24) is 4.31 Å². The number of benzene rings is 2. The van der Waals surface area contributed by atoms with Crippen molar-refractivity contribution in [2.75, 3.05) is 6.54 Å². The van der Waals surface area contributed by atoms with Gasteiger partial charge >= 0.3 is 5.97 Å². The highest BCUT2D eigenvalue weighted by molar-refractivity contribution is 7.89. The van der Waals surface area contributed by atoms with E-state index in [0.29, 0.717) is 11.1 Å². The lowest BCUT2D eigenvalue weighted by Crippen LogP contribution is -2.35. The first-order valence-electron chi connectivity index (χ1n) is 7.15. The maximum atomic E-state index is 12.8. The first-order chi connectivity index (χ1) is 11.4. The van der Waals surface area contributed by atoms with Gasteiger partial charge in [-0.1, -0.05) is 42.5 Å². The highest BCUT2D eigenvalue weighted by Crippen LogP contribution is 2.19. The maximum Gasteiger partial charge on any atom is 0.318 e. The minimum atomic E-state index is -3.99. The van der Waals surface area contributed by atoms with E-state index in [0.717, 1.165) is 4.31 Å². The van der Waals surface area contributed by atoms with E-state index in [1.54, 1.807) is 42.5 Å². The Hall–Kier alpha value is -2.69. The van der Waals surface area contributed by atoms with Crippen LogP contribution < -0.4 is 0 Å². The second-order valence-electron chi connectivity index (χ2n) is 5.13. The summed E-state index contributed by atoms with van der Waals surface area (Å²) in [4.78, 5) is 11.1. The third-order valence-corrected chi connectivity index (χ3v) is 5.12. The number of carbonyl (C=O) groups is 1. The maximum absolute atomic E-state index is 12.8. The fraction of sp³-hybridized carbons (Fsp3) is 0.176. The number of hydrogen-bond donors (Lipinski definition) is 1. The van der Waals surface area contributed by atoms with Gasteiger partial charge in [-0.15, -0.1) is 0 Å². The molecule has 124 valence electrons. The molecule has 0 atom stereocenters. The van der Waals surface area contributed by atoms with Crippen LogP contribution in [0.25, 0.3) is 0 Å².